The van der Waals surface area contributed by atoms with Crippen LogP contribution in [0.1, 0.15) is 37.4 Å². The van der Waals surface area contributed by atoms with E-state index in [2.05, 4.69) is 27.2 Å². The van der Waals surface area contributed by atoms with Gasteiger partial charge in [-0.2, -0.15) is 5.10 Å². The molecule has 0 aliphatic heterocycles. The highest BCUT2D eigenvalue weighted by Gasteiger charge is 2.27. The van der Waals surface area contributed by atoms with Gasteiger partial charge in [-0.3, -0.25) is 5.10 Å². The molecule has 1 heterocycles. The monoisotopic (exact) mass is 286 g/mol. The fourth-order valence-corrected chi connectivity index (χ4v) is 3.18. The molecule has 6 nitrogen and oxygen atoms in total. The number of rotatable bonds is 8. The van der Waals surface area contributed by atoms with Crippen LogP contribution < -0.4 is 10.0 Å². The first kappa shape index (κ1) is 14.5. The van der Waals surface area contributed by atoms with Gasteiger partial charge in [0.25, 0.3) is 10.0 Å². The summed E-state index contributed by atoms with van der Waals surface area (Å²) in [5, 5.41) is 10.1. The molecule has 0 amide bonds. The summed E-state index contributed by atoms with van der Waals surface area (Å²) in [4.78, 5) is 0. The van der Waals surface area contributed by atoms with Crippen molar-refractivity contribution < 1.29 is 8.42 Å². The molecule has 1 saturated carbocycles. The van der Waals surface area contributed by atoms with Gasteiger partial charge >= 0.3 is 0 Å². The van der Waals surface area contributed by atoms with Crippen LogP contribution in [-0.2, 0) is 16.6 Å². The second-order valence-corrected chi connectivity index (χ2v) is 6.79. The maximum atomic E-state index is 12.2. The van der Waals surface area contributed by atoms with Gasteiger partial charge in [0.15, 0.2) is 5.03 Å². The lowest BCUT2D eigenvalue weighted by Gasteiger charge is -2.07. The molecular formula is C12H22N4O2S. The maximum Gasteiger partial charge on any atom is 0.260 e. The second-order valence-electron chi connectivity index (χ2n) is 5.10. The van der Waals surface area contributed by atoms with Gasteiger partial charge < -0.3 is 5.32 Å². The lowest BCUT2D eigenvalue weighted by atomic mass is 10.2. The number of aromatic amines is 1. The summed E-state index contributed by atoms with van der Waals surface area (Å²) in [6.45, 7) is 5.82. The largest absolute Gasteiger partial charge is 0.313 e. The van der Waals surface area contributed by atoms with Crippen LogP contribution in [0.15, 0.2) is 5.03 Å². The molecule has 19 heavy (non-hydrogen) atoms. The molecule has 3 N–H and O–H groups in total. The minimum atomic E-state index is -3.49. The predicted octanol–water partition coefficient (Wildman–Crippen LogP) is 0.906. The van der Waals surface area contributed by atoms with E-state index >= 15 is 0 Å². The van der Waals surface area contributed by atoms with Crippen LogP contribution in [0, 0.1) is 12.8 Å². The highest BCUT2D eigenvalue weighted by molar-refractivity contribution is 7.89. The van der Waals surface area contributed by atoms with Gasteiger partial charge in [-0.25, -0.2) is 13.1 Å². The van der Waals surface area contributed by atoms with Crippen molar-refractivity contribution in [1.29, 1.82) is 0 Å². The Hall–Kier alpha value is -0.920. The molecular weight excluding hydrogens is 264 g/mol. The topological polar surface area (TPSA) is 86.9 Å². The van der Waals surface area contributed by atoms with Crippen molar-refractivity contribution >= 4 is 10.0 Å². The van der Waals surface area contributed by atoms with Crippen molar-refractivity contribution in [3.8, 4) is 0 Å². The van der Waals surface area contributed by atoms with Crippen LogP contribution in [0.4, 0.5) is 0 Å². The molecule has 1 aliphatic rings. The van der Waals surface area contributed by atoms with Crippen LogP contribution >= 0.6 is 0 Å². The minimum Gasteiger partial charge on any atom is -0.313 e. The Bertz CT molecular complexity index is 520. The van der Waals surface area contributed by atoms with E-state index in [9.17, 15) is 8.42 Å². The minimum absolute atomic E-state index is 0.134. The maximum absolute atomic E-state index is 12.2. The Kier molecular flexibility index (Phi) is 4.59. The fourth-order valence-electron chi connectivity index (χ4n) is 1.87. The van der Waals surface area contributed by atoms with E-state index in [1.165, 1.54) is 0 Å². The zero-order valence-electron chi connectivity index (χ0n) is 11.5. The van der Waals surface area contributed by atoms with Crippen LogP contribution in [0.5, 0.6) is 0 Å². The number of hydrogen-bond acceptors (Lipinski definition) is 4. The van der Waals surface area contributed by atoms with Gasteiger partial charge in [0.2, 0.25) is 0 Å². The molecule has 108 valence electrons. The summed E-state index contributed by atoms with van der Waals surface area (Å²) >= 11 is 0. The van der Waals surface area contributed by atoms with E-state index in [0.717, 1.165) is 37.1 Å². The number of aromatic nitrogens is 2. The van der Waals surface area contributed by atoms with Crippen molar-refractivity contribution in [3.63, 3.8) is 0 Å². The second kappa shape index (κ2) is 6.02. The standard InChI is InChI=1S/C12H22N4O2S/c1-3-6-13-8-11-9(2)15-16-12(11)19(17,18)14-7-10-4-5-10/h10,13-14H,3-8H2,1-2H3,(H,15,16). The Balaban J connectivity index is 2.08. The van der Waals surface area contributed by atoms with Crippen molar-refractivity contribution in [1.82, 2.24) is 20.2 Å². The van der Waals surface area contributed by atoms with Gasteiger partial charge in [0, 0.05) is 24.3 Å². The zero-order valence-corrected chi connectivity index (χ0v) is 12.3. The number of sulfonamides is 1. The molecule has 7 heteroatoms. The van der Waals surface area contributed by atoms with Gasteiger partial charge in [-0.15, -0.1) is 0 Å². The predicted molar refractivity (Wildman–Crippen MR) is 73.2 cm³/mol. The summed E-state index contributed by atoms with van der Waals surface area (Å²) in [7, 11) is -3.49. The number of nitrogens with one attached hydrogen (secondary N) is 3. The molecule has 0 bridgehead atoms. The molecule has 0 saturated heterocycles. The van der Waals surface area contributed by atoms with Crippen LogP contribution in [-0.4, -0.2) is 31.7 Å². The quantitative estimate of drug-likeness (QED) is 0.620. The zero-order chi connectivity index (χ0) is 13.9. The molecule has 0 unspecified atom stereocenters. The third-order valence-electron chi connectivity index (χ3n) is 3.28. The van der Waals surface area contributed by atoms with Crippen molar-refractivity contribution in [2.75, 3.05) is 13.1 Å². The van der Waals surface area contributed by atoms with Crippen molar-refractivity contribution in [2.45, 2.75) is 44.7 Å². The van der Waals surface area contributed by atoms with Gasteiger partial charge in [0.1, 0.15) is 0 Å². The number of aryl methyl sites for hydroxylation is 1. The molecule has 1 aromatic rings. The Morgan fingerprint density at radius 2 is 2.16 bits per heavy atom. The van der Waals surface area contributed by atoms with Gasteiger partial charge in [-0.1, -0.05) is 6.92 Å². The highest BCUT2D eigenvalue weighted by Crippen LogP contribution is 2.28. The first-order valence-corrected chi connectivity index (χ1v) is 8.27. The van der Waals surface area contributed by atoms with E-state index in [4.69, 9.17) is 0 Å². The summed E-state index contributed by atoms with van der Waals surface area (Å²) in [6.07, 6.45) is 3.25. The third-order valence-corrected chi connectivity index (χ3v) is 4.67. The number of nitrogens with zero attached hydrogens (tertiary/aromatic N) is 1. The van der Waals surface area contributed by atoms with E-state index in [1.807, 2.05) is 6.92 Å². The van der Waals surface area contributed by atoms with E-state index in [-0.39, 0.29) is 5.03 Å². The number of hydrogen-bond donors (Lipinski definition) is 3. The van der Waals surface area contributed by atoms with Crippen LogP contribution in [0.2, 0.25) is 0 Å². The summed E-state index contributed by atoms with van der Waals surface area (Å²) in [5.74, 6) is 0.511. The van der Waals surface area contributed by atoms with Crippen LogP contribution in [0.25, 0.3) is 0 Å². The molecule has 1 aliphatic carbocycles. The average molecular weight is 286 g/mol. The number of H-pyrrole nitrogens is 1. The lowest BCUT2D eigenvalue weighted by molar-refractivity contribution is 0.570. The molecule has 0 spiro atoms. The Morgan fingerprint density at radius 3 is 2.79 bits per heavy atom. The Morgan fingerprint density at radius 1 is 1.42 bits per heavy atom. The first-order valence-electron chi connectivity index (χ1n) is 6.78. The van der Waals surface area contributed by atoms with Crippen molar-refractivity contribution in [2.24, 2.45) is 5.92 Å². The summed E-state index contributed by atoms with van der Waals surface area (Å²) in [5.41, 5.74) is 1.53. The summed E-state index contributed by atoms with van der Waals surface area (Å²) in [6, 6.07) is 0. The molecule has 0 aromatic carbocycles. The molecule has 2 rings (SSSR count). The fraction of sp³-hybridized carbons (Fsp3) is 0.750. The smallest absolute Gasteiger partial charge is 0.260 e. The Labute approximate surface area is 114 Å². The van der Waals surface area contributed by atoms with E-state index < -0.39 is 10.0 Å². The average Bonchev–Trinajstić information content (AvgIpc) is 3.12. The summed E-state index contributed by atoms with van der Waals surface area (Å²) < 4.78 is 27.1. The molecule has 0 radical (unpaired) electrons. The van der Waals surface area contributed by atoms with Crippen molar-refractivity contribution in [3.05, 3.63) is 11.3 Å². The lowest BCUT2D eigenvalue weighted by Crippen LogP contribution is -2.28. The highest BCUT2D eigenvalue weighted by atomic mass is 32.2. The van der Waals surface area contributed by atoms with Gasteiger partial charge in [-0.05, 0) is 38.6 Å². The molecule has 1 fully saturated rings. The normalized spacial score (nSPS) is 15.9. The van der Waals surface area contributed by atoms with E-state index in [1.54, 1.807) is 0 Å². The molecule has 0 atom stereocenters. The van der Waals surface area contributed by atoms with Gasteiger partial charge in [0.05, 0.1) is 0 Å². The van der Waals surface area contributed by atoms with E-state index in [0.29, 0.717) is 19.0 Å². The first-order chi connectivity index (χ1) is 9.04. The molecule has 1 aromatic heterocycles. The third kappa shape index (κ3) is 3.77. The van der Waals surface area contributed by atoms with Crippen LogP contribution in [0.3, 0.4) is 0 Å². The SMILES string of the molecule is CCCNCc1c(S(=O)(=O)NCC2CC2)n[nH]c1C.